The Kier molecular flexibility index (Phi) is 1.90. The molecule has 6 nitrogen and oxygen atoms in total. The van der Waals surface area contributed by atoms with E-state index in [1.54, 1.807) is 24.3 Å². The van der Waals surface area contributed by atoms with Crippen LogP contribution in [0.4, 0.5) is 0 Å². The normalized spacial score (nSPS) is 12.0. The molecular formula is C16H8N4O2. The van der Waals surface area contributed by atoms with E-state index in [9.17, 15) is 9.59 Å². The summed E-state index contributed by atoms with van der Waals surface area (Å²) in [6.07, 6.45) is 0. The van der Waals surface area contributed by atoms with Gasteiger partial charge in [-0.05, 0) is 24.3 Å². The van der Waals surface area contributed by atoms with Crippen molar-refractivity contribution in [2.24, 2.45) is 0 Å². The van der Waals surface area contributed by atoms with E-state index < -0.39 is 0 Å². The summed E-state index contributed by atoms with van der Waals surface area (Å²) in [5, 5.41) is 0. The first-order chi connectivity index (χ1) is 10.8. The highest BCUT2D eigenvalue weighted by atomic mass is 16.2. The molecule has 0 saturated heterocycles. The van der Waals surface area contributed by atoms with Gasteiger partial charge in [0.1, 0.15) is 0 Å². The van der Waals surface area contributed by atoms with E-state index in [2.05, 4.69) is 9.97 Å². The van der Waals surface area contributed by atoms with Gasteiger partial charge in [0.25, 0.3) is 5.43 Å². The summed E-state index contributed by atoms with van der Waals surface area (Å²) in [6.45, 7) is 0. The van der Waals surface area contributed by atoms with Gasteiger partial charge >= 0.3 is 5.69 Å². The van der Waals surface area contributed by atoms with Gasteiger partial charge in [0.05, 0.1) is 22.1 Å². The molecule has 5 rings (SSSR count). The van der Waals surface area contributed by atoms with Crippen LogP contribution in [-0.4, -0.2) is 18.8 Å². The summed E-state index contributed by atoms with van der Waals surface area (Å²) in [5.41, 5.74) is 2.06. The van der Waals surface area contributed by atoms with Crippen LogP contribution in [0.3, 0.4) is 0 Å². The second-order valence-electron chi connectivity index (χ2n) is 5.13. The van der Waals surface area contributed by atoms with Crippen molar-refractivity contribution in [2.75, 3.05) is 0 Å². The molecule has 0 spiro atoms. The maximum absolute atomic E-state index is 12.9. The summed E-state index contributed by atoms with van der Waals surface area (Å²) in [6, 6.07) is 14.4. The van der Waals surface area contributed by atoms with Crippen LogP contribution in [-0.2, 0) is 0 Å². The topological polar surface area (TPSA) is 68.7 Å². The van der Waals surface area contributed by atoms with Crippen LogP contribution in [0.2, 0.25) is 0 Å². The van der Waals surface area contributed by atoms with E-state index >= 15 is 0 Å². The Hall–Kier alpha value is -3.28. The van der Waals surface area contributed by atoms with E-state index in [1.807, 2.05) is 24.3 Å². The number of aromatic nitrogens is 4. The lowest BCUT2D eigenvalue weighted by Crippen LogP contribution is -2.27. The second kappa shape index (κ2) is 3.67. The third-order valence-corrected chi connectivity index (χ3v) is 3.91. The largest absolute Gasteiger partial charge is 0.340 e. The third-order valence-electron chi connectivity index (χ3n) is 3.91. The Morgan fingerprint density at radius 1 is 0.682 bits per heavy atom. The zero-order valence-electron chi connectivity index (χ0n) is 11.2. The standard InChI is InChI=1S/C16H8N4O2/c21-13-14-17-9-5-1-3-7-11(9)19(14)16(22)20-12-8-4-2-6-10(12)18-15(13)20/h1-8H. The fourth-order valence-electron chi connectivity index (χ4n) is 2.94. The van der Waals surface area contributed by atoms with Crippen molar-refractivity contribution >= 4 is 33.4 Å². The van der Waals surface area contributed by atoms with Gasteiger partial charge < -0.3 is 0 Å². The lowest BCUT2D eigenvalue weighted by atomic mass is 10.3. The van der Waals surface area contributed by atoms with Crippen LogP contribution in [0.1, 0.15) is 0 Å². The Labute approximate surface area is 122 Å². The summed E-state index contributed by atoms with van der Waals surface area (Å²) >= 11 is 0. The minimum atomic E-state index is -0.341. The van der Waals surface area contributed by atoms with E-state index in [-0.39, 0.29) is 22.4 Å². The first-order valence-electron chi connectivity index (χ1n) is 6.80. The molecule has 3 heterocycles. The number of para-hydroxylation sites is 4. The lowest BCUT2D eigenvalue weighted by Gasteiger charge is -1.97. The number of imidazole rings is 2. The molecule has 0 fully saturated rings. The summed E-state index contributed by atoms with van der Waals surface area (Å²) in [4.78, 5) is 34.2. The molecule has 0 radical (unpaired) electrons. The fraction of sp³-hybridized carbons (Fsp3) is 0. The average Bonchev–Trinajstić information content (AvgIpc) is 3.12. The quantitative estimate of drug-likeness (QED) is 0.432. The van der Waals surface area contributed by atoms with E-state index in [0.717, 1.165) is 0 Å². The first-order valence-corrected chi connectivity index (χ1v) is 6.80. The van der Waals surface area contributed by atoms with Crippen molar-refractivity contribution in [3.05, 3.63) is 69.2 Å². The summed E-state index contributed by atoms with van der Waals surface area (Å²) in [7, 11) is 0. The van der Waals surface area contributed by atoms with E-state index in [0.29, 0.717) is 22.1 Å². The first kappa shape index (κ1) is 11.4. The number of fused-ring (bicyclic) bond motifs is 6. The number of rotatable bonds is 0. The van der Waals surface area contributed by atoms with Gasteiger partial charge in [0.15, 0.2) is 11.3 Å². The van der Waals surface area contributed by atoms with E-state index in [1.165, 1.54) is 8.80 Å². The molecule has 22 heavy (non-hydrogen) atoms. The number of benzene rings is 2. The molecule has 0 unspecified atom stereocenters. The van der Waals surface area contributed by atoms with Crippen molar-refractivity contribution in [3.8, 4) is 0 Å². The van der Waals surface area contributed by atoms with Gasteiger partial charge in [-0.3, -0.25) is 4.79 Å². The van der Waals surface area contributed by atoms with Gasteiger partial charge in [0, 0.05) is 0 Å². The summed E-state index contributed by atoms with van der Waals surface area (Å²) in [5.74, 6) is 0. The number of hydrogen-bond acceptors (Lipinski definition) is 4. The van der Waals surface area contributed by atoms with Crippen molar-refractivity contribution in [1.82, 2.24) is 18.8 Å². The molecule has 104 valence electrons. The molecule has 2 aromatic carbocycles. The Balaban J connectivity index is 2.22. The van der Waals surface area contributed by atoms with Crippen LogP contribution < -0.4 is 11.1 Å². The third kappa shape index (κ3) is 1.20. The van der Waals surface area contributed by atoms with Gasteiger partial charge in [-0.1, -0.05) is 24.3 Å². The van der Waals surface area contributed by atoms with Crippen molar-refractivity contribution in [2.45, 2.75) is 0 Å². The predicted octanol–water partition coefficient (Wildman–Crippen LogP) is 1.45. The number of hydrogen-bond donors (Lipinski definition) is 0. The molecule has 0 N–H and O–H groups in total. The Bertz CT molecular complexity index is 1220. The SMILES string of the molecule is O=c1c2nc3ccccc3n2c(=O)n2c1nc1ccccc12. The smallest absolute Gasteiger partial charge is 0.282 e. The maximum Gasteiger partial charge on any atom is 0.340 e. The molecule has 0 amide bonds. The van der Waals surface area contributed by atoms with Crippen LogP contribution >= 0.6 is 0 Å². The maximum atomic E-state index is 12.9. The predicted molar refractivity (Wildman–Crippen MR) is 82.7 cm³/mol. The molecule has 0 bridgehead atoms. The van der Waals surface area contributed by atoms with Gasteiger partial charge in [0.2, 0.25) is 0 Å². The van der Waals surface area contributed by atoms with Crippen LogP contribution in [0.25, 0.3) is 33.4 Å². The zero-order valence-corrected chi connectivity index (χ0v) is 11.2. The molecule has 0 saturated carbocycles. The Morgan fingerprint density at radius 2 is 1.14 bits per heavy atom. The molecule has 0 aliphatic rings. The molecule has 0 aliphatic heterocycles. The minimum Gasteiger partial charge on any atom is -0.282 e. The average molecular weight is 288 g/mol. The lowest BCUT2D eigenvalue weighted by molar-refractivity contribution is 0.979. The van der Waals surface area contributed by atoms with Crippen LogP contribution in [0, 0.1) is 0 Å². The zero-order chi connectivity index (χ0) is 14.8. The minimum absolute atomic E-state index is 0.119. The van der Waals surface area contributed by atoms with E-state index in [4.69, 9.17) is 0 Å². The molecule has 3 aromatic heterocycles. The molecule has 0 aliphatic carbocycles. The van der Waals surface area contributed by atoms with Gasteiger partial charge in [-0.15, -0.1) is 0 Å². The van der Waals surface area contributed by atoms with Crippen molar-refractivity contribution in [1.29, 1.82) is 0 Å². The molecule has 0 atom stereocenters. The summed E-state index contributed by atoms with van der Waals surface area (Å²) < 4.78 is 2.72. The highest BCUT2D eigenvalue weighted by Gasteiger charge is 2.18. The monoisotopic (exact) mass is 288 g/mol. The fourth-order valence-corrected chi connectivity index (χ4v) is 2.94. The highest BCUT2D eigenvalue weighted by Crippen LogP contribution is 2.16. The van der Waals surface area contributed by atoms with Gasteiger partial charge in [-0.25, -0.2) is 23.6 Å². The second-order valence-corrected chi connectivity index (χ2v) is 5.13. The Morgan fingerprint density at radius 3 is 1.64 bits per heavy atom. The highest BCUT2D eigenvalue weighted by molar-refractivity contribution is 5.84. The van der Waals surface area contributed by atoms with Crippen LogP contribution in [0.5, 0.6) is 0 Å². The molecule has 5 aromatic rings. The van der Waals surface area contributed by atoms with Gasteiger partial charge in [-0.2, -0.15) is 0 Å². The number of nitrogens with zero attached hydrogens (tertiary/aromatic N) is 4. The van der Waals surface area contributed by atoms with Crippen LogP contribution in [0.15, 0.2) is 58.1 Å². The van der Waals surface area contributed by atoms with Crippen molar-refractivity contribution in [3.63, 3.8) is 0 Å². The van der Waals surface area contributed by atoms with Crippen molar-refractivity contribution < 1.29 is 0 Å². The molecular weight excluding hydrogens is 280 g/mol. The molecule has 6 heteroatoms.